The fourth-order valence-corrected chi connectivity index (χ4v) is 5.83. The highest BCUT2D eigenvalue weighted by Gasteiger charge is 2.41. The van der Waals surface area contributed by atoms with Crippen LogP contribution in [0.3, 0.4) is 0 Å². The summed E-state index contributed by atoms with van der Waals surface area (Å²) >= 11 is 7.82. The van der Waals surface area contributed by atoms with E-state index in [-0.39, 0.29) is 24.1 Å². The summed E-state index contributed by atoms with van der Waals surface area (Å²) in [5.41, 5.74) is 5.43. The van der Waals surface area contributed by atoms with Gasteiger partial charge in [0.25, 0.3) is 0 Å². The third-order valence-electron chi connectivity index (χ3n) is 6.41. The molecule has 4 atom stereocenters. The van der Waals surface area contributed by atoms with E-state index in [1.54, 1.807) is 16.8 Å². The van der Waals surface area contributed by atoms with Crippen molar-refractivity contribution in [3.05, 3.63) is 17.5 Å². The quantitative estimate of drug-likeness (QED) is 0.142. The second-order valence-corrected chi connectivity index (χ2v) is 10.5. The van der Waals surface area contributed by atoms with Crippen molar-refractivity contribution in [3.8, 4) is 12.3 Å². The number of hydrogen-bond donors (Lipinski definition) is 3. The van der Waals surface area contributed by atoms with Crippen LogP contribution in [0, 0.1) is 12.3 Å². The molecule has 11 nitrogen and oxygen atoms in total. The number of amides is 2. The molecule has 0 aromatic carbocycles. The van der Waals surface area contributed by atoms with Gasteiger partial charge < -0.3 is 35.1 Å². The molecule has 0 saturated carbocycles. The number of nitrogens with two attached hydrogens (primary N) is 1. The molecule has 5 heterocycles. The fraction of sp³-hybridized carbons (Fsp3) is 0.615. The highest BCUT2D eigenvalue weighted by atomic mass is 35.5. The molecule has 13 heteroatoms. The number of urea groups is 1. The second kappa shape index (κ2) is 14.5. The summed E-state index contributed by atoms with van der Waals surface area (Å²) in [7, 11) is 0. The Morgan fingerprint density at radius 3 is 2.69 bits per heavy atom. The molecule has 39 heavy (non-hydrogen) atoms. The lowest BCUT2D eigenvalue weighted by atomic mass is 10.0. The van der Waals surface area contributed by atoms with Gasteiger partial charge in [0.1, 0.15) is 24.3 Å². The fourth-order valence-electron chi connectivity index (χ4n) is 4.39. The molecule has 0 unspecified atom stereocenters. The molecule has 0 aliphatic carbocycles. The number of terminal acetylenes is 1. The molecule has 3 saturated heterocycles. The third kappa shape index (κ3) is 7.84. The number of anilines is 1. The number of ether oxygens (including phenoxy) is 3. The topological polar surface area (TPSA) is 143 Å². The first-order chi connectivity index (χ1) is 18.8. The zero-order valence-corrected chi connectivity index (χ0v) is 24.1. The van der Waals surface area contributed by atoms with E-state index >= 15 is 0 Å². The second-order valence-electron chi connectivity index (χ2n) is 9.05. The first-order valence-electron chi connectivity index (χ1n) is 13.2. The van der Waals surface area contributed by atoms with E-state index in [4.69, 9.17) is 38.0 Å². The van der Waals surface area contributed by atoms with Crippen LogP contribution in [-0.4, -0.2) is 69.1 Å². The van der Waals surface area contributed by atoms with Gasteiger partial charge in [-0.2, -0.15) is 16.7 Å². The number of nitrogens with zero attached hydrogens (tertiary/aromatic N) is 3. The van der Waals surface area contributed by atoms with Crippen molar-refractivity contribution in [1.82, 2.24) is 25.2 Å². The lowest BCUT2D eigenvalue weighted by molar-refractivity contribution is -0.0730. The van der Waals surface area contributed by atoms with Crippen LogP contribution in [0.4, 0.5) is 15.4 Å². The molecule has 5 rings (SSSR count). The van der Waals surface area contributed by atoms with Gasteiger partial charge in [-0.1, -0.05) is 39.5 Å². The number of nitrogens with one attached hydrogen (secondary N) is 2. The molecular weight excluding hydrogens is 544 g/mol. The van der Waals surface area contributed by atoms with Crippen LogP contribution >= 0.6 is 23.4 Å². The molecule has 214 valence electrons. The van der Waals surface area contributed by atoms with Crippen LogP contribution in [0.15, 0.2) is 12.3 Å². The molecule has 3 aliphatic rings. The third-order valence-corrected chi connectivity index (χ3v) is 7.77. The van der Waals surface area contributed by atoms with Crippen molar-refractivity contribution in [3.63, 3.8) is 0 Å². The molecule has 0 bridgehead atoms. The van der Waals surface area contributed by atoms with Gasteiger partial charge in [-0.05, 0) is 36.9 Å². The Labute approximate surface area is 238 Å². The highest BCUT2D eigenvalue weighted by Crippen LogP contribution is 2.38. The van der Waals surface area contributed by atoms with E-state index in [1.807, 2.05) is 25.6 Å². The van der Waals surface area contributed by atoms with Crippen LogP contribution in [0.5, 0.6) is 0 Å². The van der Waals surface area contributed by atoms with Crippen molar-refractivity contribution in [2.24, 2.45) is 0 Å². The van der Waals surface area contributed by atoms with E-state index in [0.717, 1.165) is 30.8 Å². The molecule has 2 aromatic rings. The lowest BCUT2D eigenvalue weighted by Gasteiger charge is -2.23. The molecular formula is C26H37ClN6O5S. The maximum atomic E-state index is 11.8. The van der Waals surface area contributed by atoms with Crippen molar-refractivity contribution in [2.45, 2.75) is 76.8 Å². The van der Waals surface area contributed by atoms with Crippen LogP contribution < -0.4 is 16.4 Å². The van der Waals surface area contributed by atoms with Crippen LogP contribution in [0.25, 0.3) is 11.0 Å². The standard InChI is InChI=1S/C19H23ClN4O4.C5H8N2OS.C2H6/c1-3-5-6-11-26-18(25)27-12-19(4-2)9-7-14(28-19)24-10-8-13-15(21)22-17(20)23-16(13)24;8-5-6-3-1-9-2-4(3)7-5;1-2/h2,8,10,14H,3,5-7,9,11-12H2,1H3,(H2,21,22,23);3-4H,1-2H2,(H2,6,7,8);1-2H3/t14-,19+;3-,4+;/m1../s1. The number of carbonyl (C=O) groups excluding carboxylic acids is 2. The molecule has 2 aromatic heterocycles. The average molecular weight is 581 g/mol. The number of unbranched alkanes of at least 4 members (excludes halogenated alkanes) is 2. The number of carbonyl (C=O) groups is 2. The predicted molar refractivity (Wildman–Crippen MR) is 153 cm³/mol. The highest BCUT2D eigenvalue weighted by molar-refractivity contribution is 7.99. The monoisotopic (exact) mass is 580 g/mol. The molecule has 0 radical (unpaired) electrons. The van der Waals surface area contributed by atoms with Gasteiger partial charge in [0.15, 0.2) is 5.60 Å². The summed E-state index contributed by atoms with van der Waals surface area (Å²) < 4.78 is 18.1. The van der Waals surface area contributed by atoms with E-state index in [0.29, 0.717) is 48.4 Å². The zero-order chi connectivity index (χ0) is 28.4. The number of nitrogen functional groups attached to an aromatic ring is 1. The SMILES string of the molecule is C#C[C@@]1(COC(=O)OCCCCC)CC[C@H](n2ccc3c(N)nc(Cl)nc32)O1.CC.O=C1N[C@H]2CSC[C@H]2N1. The Kier molecular flexibility index (Phi) is 11.4. The minimum Gasteiger partial charge on any atom is -0.434 e. The number of fused-ring (bicyclic) bond motifs is 2. The lowest BCUT2D eigenvalue weighted by Crippen LogP contribution is -2.34. The van der Waals surface area contributed by atoms with E-state index in [9.17, 15) is 9.59 Å². The summed E-state index contributed by atoms with van der Waals surface area (Å²) in [5.74, 6) is 5.06. The maximum Gasteiger partial charge on any atom is 0.508 e. The molecule has 3 aliphatic heterocycles. The van der Waals surface area contributed by atoms with E-state index < -0.39 is 11.8 Å². The molecule has 3 fully saturated rings. The largest absolute Gasteiger partial charge is 0.508 e. The van der Waals surface area contributed by atoms with Gasteiger partial charge in [0, 0.05) is 17.7 Å². The number of thioether (sulfide) groups is 1. The first kappa shape index (κ1) is 30.7. The molecule has 4 N–H and O–H groups in total. The normalized spacial score (nSPS) is 24.8. The van der Waals surface area contributed by atoms with Gasteiger partial charge in [-0.25, -0.2) is 14.6 Å². The minimum atomic E-state index is -1.02. The Bertz CT molecular complexity index is 1160. The summed E-state index contributed by atoms with van der Waals surface area (Å²) in [6.45, 7) is 6.32. The van der Waals surface area contributed by atoms with Crippen LogP contribution in [-0.2, 0) is 14.2 Å². The van der Waals surface area contributed by atoms with Gasteiger partial charge >= 0.3 is 12.2 Å². The number of halogens is 1. The Morgan fingerprint density at radius 1 is 1.31 bits per heavy atom. The van der Waals surface area contributed by atoms with Crippen LogP contribution in [0.2, 0.25) is 5.28 Å². The van der Waals surface area contributed by atoms with Crippen molar-refractivity contribution in [1.29, 1.82) is 0 Å². The minimum absolute atomic E-state index is 0.00491. The zero-order valence-electron chi connectivity index (χ0n) is 22.6. The Morgan fingerprint density at radius 2 is 2.03 bits per heavy atom. The maximum absolute atomic E-state index is 11.8. The van der Waals surface area contributed by atoms with Gasteiger partial charge in [0.2, 0.25) is 5.28 Å². The Hall–Kier alpha value is -2.88. The van der Waals surface area contributed by atoms with E-state index in [1.165, 1.54) is 0 Å². The van der Waals surface area contributed by atoms with Crippen molar-refractivity contribution >= 4 is 52.4 Å². The number of hydrogen-bond acceptors (Lipinski definition) is 9. The summed E-state index contributed by atoms with van der Waals surface area (Å²) in [6.07, 6.45) is 10.3. The van der Waals surface area contributed by atoms with Gasteiger partial charge in [-0.15, -0.1) is 6.42 Å². The predicted octanol–water partition coefficient (Wildman–Crippen LogP) is 4.50. The van der Waals surface area contributed by atoms with Crippen molar-refractivity contribution < 1.29 is 23.8 Å². The number of rotatable bonds is 7. The summed E-state index contributed by atoms with van der Waals surface area (Å²) in [6, 6.07) is 2.61. The van der Waals surface area contributed by atoms with Crippen LogP contribution in [0.1, 0.15) is 59.1 Å². The summed E-state index contributed by atoms with van der Waals surface area (Å²) in [5, 5.41) is 6.42. The molecule has 2 amide bonds. The van der Waals surface area contributed by atoms with Gasteiger partial charge in [0.05, 0.1) is 24.1 Å². The summed E-state index contributed by atoms with van der Waals surface area (Å²) in [4.78, 5) is 30.6. The smallest absolute Gasteiger partial charge is 0.434 e. The van der Waals surface area contributed by atoms with Gasteiger partial charge in [-0.3, -0.25) is 0 Å². The van der Waals surface area contributed by atoms with E-state index in [2.05, 4.69) is 33.4 Å². The van der Waals surface area contributed by atoms with Crippen molar-refractivity contribution in [2.75, 3.05) is 30.5 Å². The Balaban J connectivity index is 0.000000316. The average Bonchev–Trinajstić information content (AvgIpc) is 3.71. The first-order valence-corrected chi connectivity index (χ1v) is 14.8. The molecule has 0 spiro atoms. The number of aromatic nitrogens is 3.